The van der Waals surface area contributed by atoms with E-state index in [-0.39, 0.29) is 5.03 Å². The van der Waals surface area contributed by atoms with Crippen molar-refractivity contribution in [3.05, 3.63) is 32.1 Å². The van der Waals surface area contributed by atoms with Gasteiger partial charge in [0, 0.05) is 31.4 Å². The number of aromatic amines is 1. The normalized spacial score (nSPS) is 12.2. The molecule has 0 saturated carbocycles. The number of thiophene rings is 1. The molecule has 0 fully saturated rings. The fraction of sp³-hybridized carbons (Fsp3) is 0.417. The predicted molar refractivity (Wildman–Crippen MR) is 86.8 cm³/mol. The summed E-state index contributed by atoms with van der Waals surface area (Å²) in [4.78, 5) is 0. The summed E-state index contributed by atoms with van der Waals surface area (Å²) >= 11 is 4.91. The van der Waals surface area contributed by atoms with Crippen LogP contribution in [0.4, 0.5) is 0 Å². The maximum atomic E-state index is 12.7. The average molecular weight is 393 g/mol. The van der Waals surface area contributed by atoms with E-state index in [9.17, 15) is 8.42 Å². The van der Waals surface area contributed by atoms with Crippen molar-refractivity contribution in [3.8, 4) is 0 Å². The second-order valence-corrected chi connectivity index (χ2v) is 8.93. The fourth-order valence-electron chi connectivity index (χ4n) is 1.95. The van der Waals surface area contributed by atoms with Crippen LogP contribution in [0.1, 0.15) is 16.8 Å². The molecule has 0 aliphatic heterocycles. The van der Waals surface area contributed by atoms with Crippen LogP contribution in [0, 0.1) is 6.92 Å². The van der Waals surface area contributed by atoms with Gasteiger partial charge in [-0.2, -0.15) is 9.40 Å². The molecule has 0 unspecified atom stereocenters. The number of hydrogen-bond acceptors (Lipinski definition) is 5. The lowest BCUT2D eigenvalue weighted by molar-refractivity contribution is 0.463. The predicted octanol–water partition coefficient (Wildman–Crippen LogP) is 2.08. The van der Waals surface area contributed by atoms with Crippen molar-refractivity contribution < 1.29 is 8.42 Å². The molecule has 2 heterocycles. The highest BCUT2D eigenvalue weighted by atomic mass is 79.9. The van der Waals surface area contributed by atoms with Crippen LogP contribution in [-0.2, 0) is 23.1 Å². The van der Waals surface area contributed by atoms with Crippen molar-refractivity contribution in [2.45, 2.75) is 25.0 Å². The van der Waals surface area contributed by atoms with Gasteiger partial charge in [0.2, 0.25) is 0 Å². The fourth-order valence-corrected chi connectivity index (χ4v) is 4.46. The Kier molecular flexibility index (Phi) is 5.20. The molecule has 2 aromatic rings. The quantitative estimate of drug-likeness (QED) is 0.788. The Labute approximate surface area is 136 Å². The van der Waals surface area contributed by atoms with Gasteiger partial charge in [0.25, 0.3) is 10.0 Å². The number of hydrogen-bond donors (Lipinski definition) is 2. The Balaban J connectivity index is 2.28. The van der Waals surface area contributed by atoms with E-state index in [2.05, 4.69) is 31.4 Å². The monoisotopic (exact) mass is 392 g/mol. The summed E-state index contributed by atoms with van der Waals surface area (Å²) in [6, 6.07) is 1.92. The molecule has 21 heavy (non-hydrogen) atoms. The molecule has 0 aromatic carbocycles. The average Bonchev–Trinajstić information content (AvgIpc) is 2.98. The third kappa shape index (κ3) is 3.54. The molecule has 0 aliphatic rings. The maximum absolute atomic E-state index is 12.7. The van der Waals surface area contributed by atoms with E-state index in [1.165, 1.54) is 15.6 Å². The highest BCUT2D eigenvalue weighted by Gasteiger charge is 2.28. The van der Waals surface area contributed by atoms with Crippen LogP contribution in [0.3, 0.4) is 0 Å². The van der Waals surface area contributed by atoms with E-state index in [1.807, 2.05) is 18.4 Å². The Hall–Kier alpha value is -0.740. The summed E-state index contributed by atoms with van der Waals surface area (Å²) in [6.45, 7) is 2.58. The largest absolute Gasteiger partial charge is 0.316 e. The van der Waals surface area contributed by atoms with Gasteiger partial charge >= 0.3 is 0 Å². The molecular weight excluding hydrogens is 376 g/mol. The van der Waals surface area contributed by atoms with Gasteiger partial charge < -0.3 is 5.32 Å². The van der Waals surface area contributed by atoms with Crippen LogP contribution in [0.5, 0.6) is 0 Å². The number of aryl methyl sites for hydroxylation is 1. The zero-order valence-electron chi connectivity index (χ0n) is 12.0. The summed E-state index contributed by atoms with van der Waals surface area (Å²) in [5, 5.41) is 11.7. The number of rotatable bonds is 6. The Morgan fingerprint density at radius 1 is 1.52 bits per heavy atom. The third-order valence-corrected chi connectivity index (χ3v) is 6.40. The number of H-pyrrole nitrogens is 1. The lowest BCUT2D eigenvalue weighted by atomic mass is 10.3. The first-order chi connectivity index (χ1) is 9.86. The van der Waals surface area contributed by atoms with E-state index >= 15 is 0 Å². The second kappa shape index (κ2) is 6.57. The van der Waals surface area contributed by atoms with E-state index in [4.69, 9.17) is 0 Å². The Morgan fingerprint density at radius 3 is 2.81 bits per heavy atom. The molecule has 0 amide bonds. The van der Waals surface area contributed by atoms with E-state index in [0.29, 0.717) is 18.7 Å². The molecule has 0 saturated heterocycles. The van der Waals surface area contributed by atoms with Crippen molar-refractivity contribution >= 4 is 37.3 Å². The minimum Gasteiger partial charge on any atom is -0.316 e. The highest BCUT2D eigenvalue weighted by Crippen LogP contribution is 2.24. The summed E-state index contributed by atoms with van der Waals surface area (Å²) in [5.74, 6) is 0. The number of nitrogens with one attached hydrogen (secondary N) is 2. The number of aromatic nitrogens is 2. The van der Waals surface area contributed by atoms with E-state index in [0.717, 1.165) is 15.0 Å². The standard InChI is InChI=1S/C12H17BrN4O2S2/c1-8-10(5-14-2)12(16-15-8)21(18,19)17(3)6-9-4-11(13)20-7-9/h4,7,14H,5-6H2,1-3H3,(H,15,16). The van der Waals surface area contributed by atoms with Crippen LogP contribution in [0.25, 0.3) is 0 Å². The summed E-state index contributed by atoms with van der Waals surface area (Å²) in [7, 11) is -0.283. The van der Waals surface area contributed by atoms with Crippen LogP contribution >= 0.6 is 27.3 Å². The highest BCUT2D eigenvalue weighted by molar-refractivity contribution is 9.11. The number of halogens is 1. The zero-order valence-corrected chi connectivity index (χ0v) is 15.2. The smallest absolute Gasteiger partial charge is 0.262 e. The van der Waals surface area contributed by atoms with Crippen molar-refractivity contribution in [1.82, 2.24) is 19.8 Å². The number of nitrogens with zero attached hydrogens (tertiary/aromatic N) is 2. The number of sulfonamides is 1. The molecule has 9 heteroatoms. The van der Waals surface area contributed by atoms with Crippen LogP contribution in [0.2, 0.25) is 0 Å². The molecule has 0 bridgehead atoms. The zero-order chi connectivity index (χ0) is 15.6. The van der Waals surface area contributed by atoms with Gasteiger partial charge in [-0.25, -0.2) is 8.42 Å². The Bertz CT molecular complexity index is 723. The molecule has 0 atom stereocenters. The molecular formula is C12H17BrN4O2S2. The SMILES string of the molecule is CNCc1c(S(=O)(=O)N(C)Cc2csc(Br)c2)n[nH]c1C. The molecule has 2 N–H and O–H groups in total. The molecule has 116 valence electrons. The molecule has 0 radical (unpaired) electrons. The molecule has 0 spiro atoms. The maximum Gasteiger partial charge on any atom is 0.262 e. The molecule has 6 nitrogen and oxygen atoms in total. The van der Waals surface area contributed by atoms with E-state index in [1.54, 1.807) is 14.1 Å². The minimum atomic E-state index is -3.62. The van der Waals surface area contributed by atoms with Crippen molar-refractivity contribution in [1.29, 1.82) is 0 Å². The molecule has 0 aliphatic carbocycles. The second-order valence-electron chi connectivity index (χ2n) is 4.68. The topological polar surface area (TPSA) is 78.1 Å². The van der Waals surface area contributed by atoms with Crippen molar-refractivity contribution in [2.24, 2.45) is 0 Å². The first-order valence-electron chi connectivity index (χ1n) is 6.24. The lowest BCUT2D eigenvalue weighted by Crippen LogP contribution is -2.28. The van der Waals surface area contributed by atoms with Gasteiger partial charge in [0.15, 0.2) is 5.03 Å². The first-order valence-corrected chi connectivity index (χ1v) is 9.35. The summed E-state index contributed by atoms with van der Waals surface area (Å²) in [6.07, 6.45) is 0. The lowest BCUT2D eigenvalue weighted by Gasteiger charge is -2.16. The summed E-state index contributed by atoms with van der Waals surface area (Å²) in [5.41, 5.74) is 2.38. The van der Waals surface area contributed by atoms with Crippen molar-refractivity contribution in [2.75, 3.05) is 14.1 Å². The van der Waals surface area contributed by atoms with Crippen LogP contribution in [0.15, 0.2) is 20.3 Å². The van der Waals surface area contributed by atoms with Gasteiger partial charge in [-0.15, -0.1) is 11.3 Å². The van der Waals surface area contributed by atoms with Crippen LogP contribution in [-0.4, -0.2) is 37.0 Å². The van der Waals surface area contributed by atoms with Gasteiger partial charge in [-0.3, -0.25) is 5.10 Å². The first kappa shape index (κ1) is 16.6. The Morgan fingerprint density at radius 2 is 2.24 bits per heavy atom. The van der Waals surface area contributed by atoms with Crippen molar-refractivity contribution in [3.63, 3.8) is 0 Å². The third-order valence-electron chi connectivity index (χ3n) is 3.07. The molecule has 2 aromatic heterocycles. The summed E-state index contributed by atoms with van der Waals surface area (Å²) < 4.78 is 27.6. The van der Waals surface area contributed by atoms with Gasteiger partial charge in [-0.1, -0.05) is 0 Å². The van der Waals surface area contributed by atoms with Gasteiger partial charge in [0.05, 0.1) is 3.79 Å². The van der Waals surface area contributed by atoms with Gasteiger partial charge in [0.1, 0.15) is 0 Å². The molecule has 2 rings (SSSR count). The van der Waals surface area contributed by atoms with Gasteiger partial charge in [-0.05, 0) is 46.9 Å². The van der Waals surface area contributed by atoms with Crippen LogP contribution < -0.4 is 5.32 Å². The van der Waals surface area contributed by atoms with E-state index < -0.39 is 10.0 Å². The minimum absolute atomic E-state index is 0.0890.